The van der Waals surface area contributed by atoms with E-state index in [9.17, 15) is 9.59 Å². The summed E-state index contributed by atoms with van der Waals surface area (Å²) in [5.41, 5.74) is 8.02. The highest BCUT2D eigenvalue weighted by Crippen LogP contribution is 2.20. The maximum Gasteiger partial charge on any atom is 0.276 e. The summed E-state index contributed by atoms with van der Waals surface area (Å²) in [6.07, 6.45) is 0. The molecule has 0 saturated carbocycles. The van der Waals surface area contributed by atoms with Gasteiger partial charge in [-0.05, 0) is 44.2 Å². The van der Waals surface area contributed by atoms with Crippen LogP contribution in [0.3, 0.4) is 0 Å². The zero-order valence-electron chi connectivity index (χ0n) is 15.2. The number of carbonyl (C=O) groups excluding carboxylic acids is 2. The molecule has 0 spiro atoms. The number of carbonyl (C=O) groups is 2. The number of ether oxygens (including phenoxy) is 1. The fraction of sp³-hybridized carbons (Fsp3) is 0.143. The van der Waals surface area contributed by atoms with Crippen molar-refractivity contribution in [2.75, 3.05) is 6.61 Å². The number of rotatable bonds is 5. The zero-order chi connectivity index (χ0) is 19.2. The molecule has 1 aromatic heterocycles. The van der Waals surface area contributed by atoms with E-state index in [2.05, 4.69) is 10.9 Å². The Balaban J connectivity index is 1.61. The van der Waals surface area contributed by atoms with Crippen molar-refractivity contribution in [1.29, 1.82) is 0 Å². The second-order valence-electron chi connectivity index (χ2n) is 6.06. The van der Waals surface area contributed by atoms with Crippen LogP contribution in [-0.4, -0.2) is 23.0 Å². The number of amides is 2. The first-order valence-electron chi connectivity index (χ1n) is 8.57. The van der Waals surface area contributed by atoms with Gasteiger partial charge in [-0.2, -0.15) is 0 Å². The number of benzene rings is 2. The third-order valence-corrected chi connectivity index (χ3v) is 4.12. The lowest BCUT2D eigenvalue weighted by Gasteiger charge is -2.10. The number of aryl methyl sites for hydroxylation is 1. The van der Waals surface area contributed by atoms with Crippen LogP contribution in [0.15, 0.2) is 66.7 Å². The maximum atomic E-state index is 12.5. The van der Waals surface area contributed by atoms with E-state index in [1.165, 1.54) is 0 Å². The minimum atomic E-state index is -0.441. The molecule has 0 atom stereocenters. The average Bonchev–Trinajstić information content (AvgIpc) is 3.00. The van der Waals surface area contributed by atoms with Gasteiger partial charge in [0.25, 0.3) is 11.8 Å². The number of hydrogen-bond donors (Lipinski definition) is 2. The Morgan fingerprint density at radius 1 is 0.926 bits per heavy atom. The summed E-state index contributed by atoms with van der Waals surface area (Å²) in [4.78, 5) is 24.3. The van der Waals surface area contributed by atoms with Gasteiger partial charge >= 0.3 is 0 Å². The van der Waals surface area contributed by atoms with E-state index in [1.807, 2.05) is 66.9 Å². The molecular weight excluding hydrogens is 342 g/mol. The highest BCUT2D eigenvalue weighted by Gasteiger charge is 2.17. The number of para-hydroxylation sites is 2. The number of nitrogens with zero attached hydrogens (tertiary/aromatic N) is 1. The fourth-order valence-electron chi connectivity index (χ4n) is 2.86. The molecule has 0 saturated heterocycles. The molecule has 0 aliphatic carbocycles. The molecule has 3 aromatic rings. The third-order valence-electron chi connectivity index (χ3n) is 4.12. The Bertz CT molecular complexity index is 934. The van der Waals surface area contributed by atoms with Crippen molar-refractivity contribution >= 4 is 11.8 Å². The summed E-state index contributed by atoms with van der Waals surface area (Å²) < 4.78 is 7.34. The van der Waals surface area contributed by atoms with Gasteiger partial charge in [-0.1, -0.05) is 36.4 Å². The van der Waals surface area contributed by atoms with Gasteiger partial charge in [0.15, 0.2) is 6.61 Å². The van der Waals surface area contributed by atoms with Crippen molar-refractivity contribution in [1.82, 2.24) is 15.4 Å². The monoisotopic (exact) mass is 363 g/mol. The van der Waals surface area contributed by atoms with E-state index in [0.717, 1.165) is 17.1 Å². The molecule has 0 unspecified atom stereocenters. The van der Waals surface area contributed by atoms with Gasteiger partial charge < -0.3 is 9.30 Å². The molecule has 2 N–H and O–H groups in total. The summed E-state index contributed by atoms with van der Waals surface area (Å²) >= 11 is 0. The summed E-state index contributed by atoms with van der Waals surface area (Å²) in [6, 6.07) is 20.6. The first kappa shape index (κ1) is 18.3. The van der Waals surface area contributed by atoms with Crippen LogP contribution in [0.4, 0.5) is 0 Å². The van der Waals surface area contributed by atoms with Gasteiger partial charge in [-0.25, -0.2) is 0 Å². The summed E-state index contributed by atoms with van der Waals surface area (Å²) in [5.74, 6) is -0.229. The molecule has 0 radical (unpaired) electrons. The average molecular weight is 363 g/mol. The quantitative estimate of drug-likeness (QED) is 0.685. The molecule has 2 aromatic carbocycles. The molecule has 27 heavy (non-hydrogen) atoms. The van der Waals surface area contributed by atoms with Crippen molar-refractivity contribution in [2.45, 2.75) is 13.8 Å². The Labute approximate surface area is 157 Å². The van der Waals surface area contributed by atoms with E-state index in [1.54, 1.807) is 18.2 Å². The van der Waals surface area contributed by atoms with E-state index in [0.29, 0.717) is 11.3 Å². The third kappa shape index (κ3) is 4.36. The molecule has 6 nitrogen and oxygen atoms in total. The van der Waals surface area contributed by atoms with Gasteiger partial charge in [0.05, 0.1) is 5.56 Å². The van der Waals surface area contributed by atoms with E-state index in [-0.39, 0.29) is 12.5 Å². The number of nitrogens with one attached hydrogen (secondary N) is 2. The van der Waals surface area contributed by atoms with Crippen LogP contribution in [0.1, 0.15) is 21.7 Å². The summed E-state index contributed by atoms with van der Waals surface area (Å²) in [5, 5.41) is 0. The minimum Gasteiger partial charge on any atom is -0.484 e. The van der Waals surface area contributed by atoms with Crippen LogP contribution in [0, 0.1) is 13.8 Å². The molecule has 0 fully saturated rings. The van der Waals surface area contributed by atoms with Crippen LogP contribution < -0.4 is 15.6 Å². The van der Waals surface area contributed by atoms with Crippen LogP contribution >= 0.6 is 0 Å². The van der Waals surface area contributed by atoms with Gasteiger partial charge in [0, 0.05) is 17.1 Å². The Morgan fingerprint density at radius 2 is 1.56 bits per heavy atom. The molecule has 0 bridgehead atoms. The lowest BCUT2D eigenvalue weighted by molar-refractivity contribution is -0.123. The number of hydrogen-bond acceptors (Lipinski definition) is 3. The topological polar surface area (TPSA) is 72.4 Å². The van der Waals surface area contributed by atoms with Gasteiger partial charge in [0.2, 0.25) is 0 Å². The number of aromatic nitrogens is 1. The zero-order valence-corrected chi connectivity index (χ0v) is 15.2. The largest absolute Gasteiger partial charge is 0.484 e. The molecule has 6 heteroatoms. The minimum absolute atomic E-state index is 0.187. The van der Waals surface area contributed by atoms with Crippen molar-refractivity contribution in [3.8, 4) is 11.4 Å². The lowest BCUT2D eigenvalue weighted by atomic mass is 10.2. The smallest absolute Gasteiger partial charge is 0.276 e. The molecule has 0 aliphatic rings. The van der Waals surface area contributed by atoms with Crippen molar-refractivity contribution in [3.63, 3.8) is 0 Å². The fourth-order valence-corrected chi connectivity index (χ4v) is 2.86. The molecule has 1 heterocycles. The SMILES string of the molecule is Cc1cc(C(=O)NNC(=O)COc2ccccc2)c(C)n1-c1ccccc1. The number of hydrazine groups is 1. The van der Waals surface area contributed by atoms with Crippen molar-refractivity contribution in [3.05, 3.63) is 83.7 Å². The lowest BCUT2D eigenvalue weighted by Crippen LogP contribution is -2.44. The van der Waals surface area contributed by atoms with Crippen LogP contribution in [-0.2, 0) is 4.79 Å². The second kappa shape index (κ2) is 8.23. The van der Waals surface area contributed by atoms with E-state index >= 15 is 0 Å². The second-order valence-corrected chi connectivity index (χ2v) is 6.06. The normalized spacial score (nSPS) is 10.3. The molecular formula is C21H21N3O3. The van der Waals surface area contributed by atoms with Crippen LogP contribution in [0.25, 0.3) is 5.69 Å². The van der Waals surface area contributed by atoms with Gasteiger partial charge in [0.1, 0.15) is 5.75 Å². The van der Waals surface area contributed by atoms with Gasteiger partial charge in [-0.3, -0.25) is 20.4 Å². The predicted octanol–water partition coefficient (Wildman–Crippen LogP) is 2.93. The summed E-state index contributed by atoms with van der Waals surface area (Å²) in [7, 11) is 0. The Morgan fingerprint density at radius 3 is 2.22 bits per heavy atom. The van der Waals surface area contributed by atoms with Gasteiger partial charge in [-0.15, -0.1) is 0 Å². The Kier molecular flexibility index (Phi) is 5.56. The molecule has 3 rings (SSSR count). The molecule has 2 amide bonds. The molecule has 138 valence electrons. The van der Waals surface area contributed by atoms with Crippen LogP contribution in [0.5, 0.6) is 5.75 Å². The van der Waals surface area contributed by atoms with Crippen molar-refractivity contribution < 1.29 is 14.3 Å². The first-order chi connectivity index (χ1) is 13.1. The Hall–Kier alpha value is -3.54. The van der Waals surface area contributed by atoms with Crippen molar-refractivity contribution in [2.24, 2.45) is 0 Å². The first-order valence-corrected chi connectivity index (χ1v) is 8.57. The predicted molar refractivity (Wildman–Crippen MR) is 103 cm³/mol. The van der Waals surface area contributed by atoms with E-state index < -0.39 is 5.91 Å². The van der Waals surface area contributed by atoms with Crippen LogP contribution in [0.2, 0.25) is 0 Å². The molecule has 0 aliphatic heterocycles. The summed E-state index contributed by atoms with van der Waals surface area (Å²) in [6.45, 7) is 3.62. The standard InChI is InChI=1S/C21H21N3O3/c1-15-13-19(16(2)24(15)17-9-5-3-6-10-17)21(26)23-22-20(25)14-27-18-11-7-4-8-12-18/h3-13H,14H2,1-2H3,(H,22,25)(H,23,26). The highest BCUT2D eigenvalue weighted by atomic mass is 16.5. The highest BCUT2D eigenvalue weighted by molar-refractivity contribution is 5.97. The van der Waals surface area contributed by atoms with E-state index in [4.69, 9.17) is 4.74 Å². The maximum absolute atomic E-state index is 12.5.